The van der Waals surface area contributed by atoms with E-state index < -0.39 is 0 Å². The second kappa shape index (κ2) is 11.8. The molecule has 108 valence electrons. The summed E-state index contributed by atoms with van der Waals surface area (Å²) in [7, 11) is 4.21. The number of halogens is 2. The molecular formula is C12H26Cl2N4. The molecule has 1 aromatic rings. The van der Waals surface area contributed by atoms with E-state index in [0.717, 1.165) is 32.6 Å². The van der Waals surface area contributed by atoms with E-state index in [9.17, 15) is 0 Å². The van der Waals surface area contributed by atoms with Crippen molar-refractivity contribution in [3.63, 3.8) is 0 Å². The minimum absolute atomic E-state index is 0. The molecule has 4 nitrogen and oxygen atoms in total. The van der Waals surface area contributed by atoms with Crippen LogP contribution in [-0.2, 0) is 13.1 Å². The average molecular weight is 297 g/mol. The van der Waals surface area contributed by atoms with Crippen LogP contribution in [0.2, 0.25) is 0 Å². The summed E-state index contributed by atoms with van der Waals surface area (Å²) in [5, 5.41) is 7.76. The Hall–Kier alpha value is -0.290. The maximum atomic E-state index is 4.30. The van der Waals surface area contributed by atoms with Crippen LogP contribution in [0.4, 0.5) is 0 Å². The minimum Gasteiger partial charge on any atom is -0.311 e. The lowest BCUT2D eigenvalue weighted by Gasteiger charge is -2.10. The molecule has 18 heavy (non-hydrogen) atoms. The van der Waals surface area contributed by atoms with Gasteiger partial charge in [-0.15, -0.1) is 24.8 Å². The number of nitrogens with one attached hydrogen (secondary N) is 1. The first kappa shape index (κ1) is 20.0. The lowest BCUT2D eigenvalue weighted by molar-refractivity contribution is 0.393. The van der Waals surface area contributed by atoms with Gasteiger partial charge in [0.2, 0.25) is 0 Å². The van der Waals surface area contributed by atoms with Gasteiger partial charge in [-0.3, -0.25) is 4.68 Å². The van der Waals surface area contributed by atoms with Crippen molar-refractivity contribution >= 4 is 24.8 Å². The van der Waals surface area contributed by atoms with Crippen molar-refractivity contribution in [2.24, 2.45) is 0 Å². The van der Waals surface area contributed by atoms with Gasteiger partial charge < -0.3 is 10.2 Å². The zero-order chi connectivity index (χ0) is 11.8. The first-order chi connectivity index (χ1) is 7.74. The summed E-state index contributed by atoms with van der Waals surface area (Å²) >= 11 is 0. The predicted molar refractivity (Wildman–Crippen MR) is 81.9 cm³/mol. The van der Waals surface area contributed by atoms with Gasteiger partial charge in [0.1, 0.15) is 0 Å². The van der Waals surface area contributed by atoms with Gasteiger partial charge in [-0.1, -0.05) is 6.92 Å². The Labute approximate surface area is 123 Å². The molecule has 0 bridgehead atoms. The van der Waals surface area contributed by atoms with E-state index in [1.807, 2.05) is 6.20 Å². The van der Waals surface area contributed by atoms with Crippen molar-refractivity contribution in [1.82, 2.24) is 20.0 Å². The normalized spacial score (nSPS) is 10.0. The standard InChI is InChI=1S/C12H24N4.2ClH/c1-4-9-16-12(6-8-14-16)11-13-7-5-10-15(2)3;;/h6,8,13H,4-5,7,9-11H2,1-3H3;2*1H. The molecule has 0 unspecified atom stereocenters. The molecule has 1 rings (SSSR count). The fraction of sp³-hybridized carbons (Fsp3) is 0.750. The molecule has 0 aliphatic rings. The average Bonchev–Trinajstić information content (AvgIpc) is 2.65. The summed E-state index contributed by atoms with van der Waals surface area (Å²) < 4.78 is 2.08. The van der Waals surface area contributed by atoms with Crippen LogP contribution < -0.4 is 5.32 Å². The van der Waals surface area contributed by atoms with E-state index in [1.165, 1.54) is 12.1 Å². The number of aromatic nitrogens is 2. The second-order valence-electron chi connectivity index (χ2n) is 4.38. The highest BCUT2D eigenvalue weighted by atomic mass is 35.5. The molecule has 0 spiro atoms. The molecule has 0 aliphatic carbocycles. The van der Waals surface area contributed by atoms with Crippen LogP contribution in [0.3, 0.4) is 0 Å². The first-order valence-corrected chi connectivity index (χ1v) is 6.10. The molecule has 0 radical (unpaired) electrons. The quantitative estimate of drug-likeness (QED) is 0.747. The summed E-state index contributed by atoms with van der Waals surface area (Å²) in [6.45, 7) is 6.32. The molecule has 0 saturated heterocycles. The molecule has 0 fully saturated rings. The lowest BCUT2D eigenvalue weighted by atomic mass is 10.3. The third kappa shape index (κ3) is 7.93. The van der Waals surface area contributed by atoms with Crippen LogP contribution in [0.15, 0.2) is 12.3 Å². The lowest BCUT2D eigenvalue weighted by Crippen LogP contribution is -2.22. The molecule has 1 aromatic heterocycles. The van der Waals surface area contributed by atoms with Crippen molar-refractivity contribution in [2.45, 2.75) is 32.9 Å². The Bertz CT molecular complexity index is 289. The van der Waals surface area contributed by atoms with Crippen LogP contribution in [0.5, 0.6) is 0 Å². The van der Waals surface area contributed by atoms with E-state index in [4.69, 9.17) is 0 Å². The number of hydrogen-bond acceptors (Lipinski definition) is 3. The summed E-state index contributed by atoms with van der Waals surface area (Å²) in [5.41, 5.74) is 1.28. The van der Waals surface area contributed by atoms with Gasteiger partial charge in [0.05, 0.1) is 5.69 Å². The smallest absolute Gasteiger partial charge is 0.0522 e. The molecule has 0 amide bonds. The fourth-order valence-electron chi connectivity index (χ4n) is 1.66. The Kier molecular flexibility index (Phi) is 13.1. The Morgan fingerprint density at radius 3 is 2.67 bits per heavy atom. The SMILES string of the molecule is CCCn1nccc1CNCCCN(C)C.Cl.Cl. The van der Waals surface area contributed by atoms with Crippen LogP contribution in [-0.4, -0.2) is 41.9 Å². The molecule has 0 aromatic carbocycles. The number of hydrogen-bond donors (Lipinski definition) is 1. The van der Waals surface area contributed by atoms with Crippen molar-refractivity contribution in [2.75, 3.05) is 27.2 Å². The van der Waals surface area contributed by atoms with Crippen molar-refractivity contribution < 1.29 is 0 Å². The van der Waals surface area contributed by atoms with Gasteiger partial charge in [-0.25, -0.2) is 0 Å². The van der Waals surface area contributed by atoms with Crippen LogP contribution in [0.1, 0.15) is 25.5 Å². The summed E-state index contributed by atoms with van der Waals surface area (Å²) in [6.07, 6.45) is 4.21. The maximum absolute atomic E-state index is 4.30. The molecule has 0 aliphatic heterocycles. The Morgan fingerprint density at radius 2 is 2.06 bits per heavy atom. The Morgan fingerprint density at radius 1 is 1.33 bits per heavy atom. The van der Waals surface area contributed by atoms with Crippen molar-refractivity contribution in [1.29, 1.82) is 0 Å². The number of nitrogens with zero attached hydrogens (tertiary/aromatic N) is 3. The molecule has 6 heteroatoms. The Balaban J connectivity index is 0. The van der Waals surface area contributed by atoms with Gasteiger partial charge in [0, 0.05) is 19.3 Å². The van der Waals surface area contributed by atoms with E-state index in [-0.39, 0.29) is 24.8 Å². The second-order valence-corrected chi connectivity index (χ2v) is 4.38. The van der Waals surface area contributed by atoms with Gasteiger partial charge in [-0.05, 0) is 46.1 Å². The third-order valence-electron chi connectivity index (χ3n) is 2.50. The van der Waals surface area contributed by atoms with E-state index in [0.29, 0.717) is 0 Å². The van der Waals surface area contributed by atoms with Gasteiger partial charge in [-0.2, -0.15) is 5.10 Å². The molecule has 1 heterocycles. The van der Waals surface area contributed by atoms with E-state index >= 15 is 0 Å². The largest absolute Gasteiger partial charge is 0.311 e. The highest BCUT2D eigenvalue weighted by Crippen LogP contribution is 1.99. The van der Waals surface area contributed by atoms with Gasteiger partial charge >= 0.3 is 0 Å². The summed E-state index contributed by atoms with van der Waals surface area (Å²) in [5.74, 6) is 0. The van der Waals surface area contributed by atoms with Crippen LogP contribution in [0, 0.1) is 0 Å². The number of aryl methyl sites for hydroxylation is 1. The first-order valence-electron chi connectivity index (χ1n) is 6.10. The topological polar surface area (TPSA) is 33.1 Å². The third-order valence-corrected chi connectivity index (χ3v) is 2.50. The monoisotopic (exact) mass is 296 g/mol. The van der Waals surface area contributed by atoms with E-state index in [1.54, 1.807) is 0 Å². The fourth-order valence-corrected chi connectivity index (χ4v) is 1.66. The molecule has 0 atom stereocenters. The van der Waals surface area contributed by atoms with Crippen molar-refractivity contribution in [3.8, 4) is 0 Å². The molecule has 1 N–H and O–H groups in total. The maximum Gasteiger partial charge on any atom is 0.0522 e. The van der Waals surface area contributed by atoms with Crippen LogP contribution >= 0.6 is 24.8 Å². The molecule has 0 saturated carbocycles. The highest BCUT2D eigenvalue weighted by Gasteiger charge is 2.00. The predicted octanol–water partition coefficient (Wildman–Crippen LogP) is 2.18. The van der Waals surface area contributed by atoms with E-state index in [2.05, 4.69) is 47.1 Å². The van der Waals surface area contributed by atoms with Gasteiger partial charge in [0.15, 0.2) is 0 Å². The zero-order valence-corrected chi connectivity index (χ0v) is 13.2. The number of rotatable bonds is 8. The molecular weight excluding hydrogens is 271 g/mol. The summed E-state index contributed by atoms with van der Waals surface area (Å²) in [6, 6.07) is 2.09. The summed E-state index contributed by atoms with van der Waals surface area (Å²) in [4.78, 5) is 2.21. The van der Waals surface area contributed by atoms with Crippen molar-refractivity contribution in [3.05, 3.63) is 18.0 Å². The highest BCUT2D eigenvalue weighted by molar-refractivity contribution is 5.85. The minimum atomic E-state index is 0. The van der Waals surface area contributed by atoms with Gasteiger partial charge in [0.25, 0.3) is 0 Å². The van der Waals surface area contributed by atoms with Crippen LogP contribution in [0.25, 0.3) is 0 Å². The zero-order valence-electron chi connectivity index (χ0n) is 11.6.